The van der Waals surface area contributed by atoms with E-state index in [4.69, 9.17) is 0 Å². The van der Waals surface area contributed by atoms with Crippen molar-refractivity contribution in [3.05, 3.63) is 59.4 Å². The van der Waals surface area contributed by atoms with Gasteiger partial charge < -0.3 is 4.90 Å². The number of likely N-dealkylation sites (N-methyl/N-ethyl adjacent to an activating group) is 1. The highest BCUT2D eigenvalue weighted by Crippen LogP contribution is 2.15. The summed E-state index contributed by atoms with van der Waals surface area (Å²) in [4.78, 5) is 13.9. The van der Waals surface area contributed by atoms with Gasteiger partial charge in [0.05, 0.1) is 12.2 Å². The molecule has 23 heavy (non-hydrogen) atoms. The van der Waals surface area contributed by atoms with Crippen LogP contribution >= 0.6 is 0 Å². The zero-order chi connectivity index (χ0) is 16.8. The van der Waals surface area contributed by atoms with Crippen LogP contribution in [0.4, 0.5) is 0 Å². The second-order valence-electron chi connectivity index (χ2n) is 5.99. The van der Waals surface area contributed by atoms with Crippen LogP contribution in [0.15, 0.2) is 42.6 Å². The fourth-order valence-corrected chi connectivity index (χ4v) is 2.39. The third kappa shape index (κ3) is 4.55. The van der Waals surface area contributed by atoms with Crippen LogP contribution in [0.25, 0.3) is 6.08 Å². The van der Waals surface area contributed by atoms with E-state index in [9.17, 15) is 4.79 Å². The number of rotatable bonds is 6. The maximum atomic E-state index is 12.2. The third-order valence-electron chi connectivity index (χ3n) is 3.90. The van der Waals surface area contributed by atoms with Crippen LogP contribution < -0.4 is 0 Å². The summed E-state index contributed by atoms with van der Waals surface area (Å²) in [6, 6.07) is 10.3. The third-order valence-corrected chi connectivity index (χ3v) is 3.90. The highest BCUT2D eigenvalue weighted by molar-refractivity contribution is 5.91. The summed E-state index contributed by atoms with van der Waals surface area (Å²) in [5, 5.41) is 4.22. The van der Waals surface area contributed by atoms with Crippen molar-refractivity contribution in [2.45, 2.75) is 39.8 Å². The molecule has 0 spiro atoms. The number of nitrogens with zero attached hydrogens (tertiary/aromatic N) is 3. The first kappa shape index (κ1) is 17.0. The Morgan fingerprint density at radius 3 is 2.57 bits per heavy atom. The summed E-state index contributed by atoms with van der Waals surface area (Å²) in [5.74, 6) is 0.506. The lowest BCUT2D eigenvalue weighted by molar-refractivity contribution is -0.125. The SMILES string of the molecule is CCn1nccc1CN(C)C(=O)/C=C/c1ccc(C(C)C)cc1. The zero-order valence-corrected chi connectivity index (χ0v) is 14.4. The smallest absolute Gasteiger partial charge is 0.246 e. The fraction of sp³-hybridized carbons (Fsp3) is 0.368. The molecule has 0 fully saturated rings. The second kappa shape index (κ2) is 7.77. The minimum Gasteiger partial charge on any atom is -0.336 e. The van der Waals surface area contributed by atoms with Crippen molar-refractivity contribution < 1.29 is 4.79 Å². The van der Waals surface area contributed by atoms with Gasteiger partial charge in [-0.05, 0) is 36.1 Å². The number of carbonyl (C=O) groups excluding carboxylic acids is 1. The Bertz CT molecular complexity index is 668. The molecule has 0 saturated carbocycles. The molecule has 0 atom stereocenters. The number of carbonyl (C=O) groups is 1. The molecule has 1 heterocycles. The maximum Gasteiger partial charge on any atom is 0.246 e. The highest BCUT2D eigenvalue weighted by atomic mass is 16.2. The number of benzene rings is 1. The second-order valence-corrected chi connectivity index (χ2v) is 5.99. The van der Waals surface area contributed by atoms with E-state index >= 15 is 0 Å². The first-order valence-electron chi connectivity index (χ1n) is 8.05. The molecule has 1 aromatic heterocycles. The largest absolute Gasteiger partial charge is 0.336 e. The topological polar surface area (TPSA) is 38.1 Å². The summed E-state index contributed by atoms with van der Waals surface area (Å²) >= 11 is 0. The average Bonchev–Trinajstić information content (AvgIpc) is 3.00. The van der Waals surface area contributed by atoms with Gasteiger partial charge in [-0.2, -0.15) is 5.10 Å². The van der Waals surface area contributed by atoms with Gasteiger partial charge in [-0.25, -0.2) is 0 Å². The van der Waals surface area contributed by atoms with E-state index in [0.717, 1.165) is 17.8 Å². The average molecular weight is 311 g/mol. The van der Waals surface area contributed by atoms with E-state index in [1.165, 1.54) is 5.56 Å². The normalized spacial score (nSPS) is 11.3. The van der Waals surface area contributed by atoms with E-state index in [0.29, 0.717) is 12.5 Å². The molecule has 2 aromatic rings. The molecule has 0 aliphatic carbocycles. The van der Waals surface area contributed by atoms with Gasteiger partial charge in [-0.3, -0.25) is 9.48 Å². The number of amides is 1. The number of aryl methyl sites for hydroxylation is 1. The summed E-state index contributed by atoms with van der Waals surface area (Å²) < 4.78 is 1.90. The predicted octanol–water partition coefficient (Wildman–Crippen LogP) is 3.70. The Morgan fingerprint density at radius 2 is 1.96 bits per heavy atom. The van der Waals surface area contributed by atoms with Crippen LogP contribution in [-0.4, -0.2) is 27.6 Å². The van der Waals surface area contributed by atoms with Gasteiger partial charge in [0.25, 0.3) is 0 Å². The van der Waals surface area contributed by atoms with Crippen LogP contribution in [0, 0.1) is 0 Å². The Hall–Kier alpha value is -2.36. The molecular weight excluding hydrogens is 286 g/mol. The van der Waals surface area contributed by atoms with Crippen LogP contribution in [-0.2, 0) is 17.9 Å². The van der Waals surface area contributed by atoms with Crippen LogP contribution in [0.5, 0.6) is 0 Å². The molecule has 2 rings (SSSR count). The number of hydrogen-bond acceptors (Lipinski definition) is 2. The van der Waals surface area contributed by atoms with Crippen molar-refractivity contribution in [2.75, 3.05) is 7.05 Å². The van der Waals surface area contributed by atoms with E-state index < -0.39 is 0 Å². The standard InChI is InChI=1S/C19H25N3O/c1-5-22-18(12-13-20-22)14-21(4)19(23)11-8-16-6-9-17(10-7-16)15(2)3/h6-13,15H,5,14H2,1-4H3/b11-8+. The van der Waals surface area contributed by atoms with Crippen LogP contribution in [0.1, 0.15) is 43.5 Å². The molecule has 0 aliphatic heterocycles. The van der Waals surface area contributed by atoms with Crippen LogP contribution in [0.3, 0.4) is 0 Å². The van der Waals surface area contributed by atoms with Crippen molar-refractivity contribution in [3.63, 3.8) is 0 Å². The Labute approximate surface area is 138 Å². The fourth-order valence-electron chi connectivity index (χ4n) is 2.39. The quantitative estimate of drug-likeness (QED) is 0.763. The maximum absolute atomic E-state index is 12.2. The first-order chi connectivity index (χ1) is 11.0. The lowest BCUT2D eigenvalue weighted by atomic mass is 10.0. The zero-order valence-electron chi connectivity index (χ0n) is 14.4. The van der Waals surface area contributed by atoms with Crippen molar-refractivity contribution in [2.24, 2.45) is 0 Å². The van der Waals surface area contributed by atoms with Crippen molar-refractivity contribution >= 4 is 12.0 Å². The molecule has 1 amide bonds. The molecule has 0 radical (unpaired) electrons. The van der Waals surface area contributed by atoms with Gasteiger partial charge in [-0.15, -0.1) is 0 Å². The van der Waals surface area contributed by atoms with Gasteiger partial charge in [0.1, 0.15) is 0 Å². The van der Waals surface area contributed by atoms with Crippen molar-refractivity contribution in [3.8, 4) is 0 Å². The van der Waals surface area contributed by atoms with Gasteiger partial charge in [0, 0.05) is 25.9 Å². The molecule has 0 unspecified atom stereocenters. The number of hydrogen-bond donors (Lipinski definition) is 0. The highest BCUT2D eigenvalue weighted by Gasteiger charge is 2.09. The molecule has 0 saturated heterocycles. The molecular formula is C19H25N3O. The monoisotopic (exact) mass is 311 g/mol. The van der Waals surface area contributed by atoms with Gasteiger partial charge >= 0.3 is 0 Å². The van der Waals surface area contributed by atoms with Gasteiger partial charge in [-0.1, -0.05) is 38.1 Å². The Kier molecular flexibility index (Phi) is 5.74. The van der Waals surface area contributed by atoms with E-state index in [-0.39, 0.29) is 5.91 Å². The number of aromatic nitrogens is 2. The molecule has 0 aliphatic rings. The minimum absolute atomic E-state index is 0.0122. The molecule has 1 aromatic carbocycles. The summed E-state index contributed by atoms with van der Waals surface area (Å²) in [6.07, 6.45) is 5.25. The predicted molar refractivity (Wildman–Crippen MR) is 93.9 cm³/mol. The molecule has 4 heteroatoms. The summed E-state index contributed by atoms with van der Waals surface area (Å²) in [5.41, 5.74) is 3.38. The molecule has 0 N–H and O–H groups in total. The molecule has 4 nitrogen and oxygen atoms in total. The minimum atomic E-state index is -0.0122. The first-order valence-corrected chi connectivity index (χ1v) is 8.05. The van der Waals surface area contributed by atoms with Crippen molar-refractivity contribution in [1.29, 1.82) is 0 Å². The lowest BCUT2D eigenvalue weighted by Gasteiger charge is -2.15. The lowest BCUT2D eigenvalue weighted by Crippen LogP contribution is -2.25. The van der Waals surface area contributed by atoms with E-state index in [1.807, 2.05) is 42.9 Å². The summed E-state index contributed by atoms with van der Waals surface area (Å²) in [7, 11) is 1.81. The van der Waals surface area contributed by atoms with Gasteiger partial charge in [0.2, 0.25) is 5.91 Å². The molecule has 0 bridgehead atoms. The van der Waals surface area contributed by atoms with E-state index in [2.05, 4.69) is 31.1 Å². The van der Waals surface area contributed by atoms with E-state index in [1.54, 1.807) is 17.2 Å². The Morgan fingerprint density at radius 1 is 1.26 bits per heavy atom. The Balaban J connectivity index is 1.97. The van der Waals surface area contributed by atoms with Crippen LogP contribution in [0.2, 0.25) is 0 Å². The summed E-state index contributed by atoms with van der Waals surface area (Å²) in [6.45, 7) is 7.75. The van der Waals surface area contributed by atoms with Gasteiger partial charge in [0.15, 0.2) is 0 Å². The van der Waals surface area contributed by atoms with Crippen molar-refractivity contribution in [1.82, 2.24) is 14.7 Å². The molecule has 122 valence electrons.